The number of ether oxygens (including phenoxy) is 1. The van der Waals surface area contributed by atoms with Gasteiger partial charge in [-0.15, -0.1) is 6.58 Å². The fourth-order valence-electron chi connectivity index (χ4n) is 1.60. The van der Waals surface area contributed by atoms with Crippen molar-refractivity contribution in [2.75, 3.05) is 26.2 Å². The van der Waals surface area contributed by atoms with Gasteiger partial charge >= 0.3 is 5.97 Å². The Kier molecular flexibility index (Phi) is 9.80. The van der Waals surface area contributed by atoms with Crippen LogP contribution >= 0.6 is 0 Å². The highest BCUT2D eigenvalue weighted by molar-refractivity contribution is 5.82. The molecule has 1 unspecified atom stereocenters. The van der Waals surface area contributed by atoms with E-state index in [1.54, 1.807) is 24.8 Å². The van der Waals surface area contributed by atoms with E-state index in [0.717, 1.165) is 12.8 Å². The average molecular weight is 270 g/mol. The fraction of sp³-hybridized carbons (Fsp3) is 0.714. The largest absolute Gasteiger partial charge is 0.465 e. The zero-order valence-corrected chi connectivity index (χ0v) is 12.3. The van der Waals surface area contributed by atoms with Crippen LogP contribution in [0, 0.1) is 0 Å². The molecule has 19 heavy (non-hydrogen) atoms. The summed E-state index contributed by atoms with van der Waals surface area (Å²) in [6.07, 6.45) is 3.67. The predicted molar refractivity (Wildman–Crippen MR) is 75.8 cm³/mol. The van der Waals surface area contributed by atoms with Crippen molar-refractivity contribution < 1.29 is 14.3 Å². The molecule has 0 saturated carbocycles. The third-order valence-corrected chi connectivity index (χ3v) is 2.76. The lowest BCUT2D eigenvalue weighted by Crippen LogP contribution is -2.47. The van der Waals surface area contributed by atoms with Gasteiger partial charge in [0.2, 0.25) is 5.91 Å². The Hall–Kier alpha value is -1.36. The summed E-state index contributed by atoms with van der Waals surface area (Å²) in [4.78, 5) is 25.2. The van der Waals surface area contributed by atoms with E-state index in [9.17, 15) is 9.59 Å². The Bertz CT molecular complexity index is 292. The lowest BCUT2D eigenvalue weighted by Gasteiger charge is -2.26. The third kappa shape index (κ3) is 7.62. The summed E-state index contributed by atoms with van der Waals surface area (Å²) in [5.41, 5.74) is 0. The van der Waals surface area contributed by atoms with E-state index in [0.29, 0.717) is 19.7 Å². The van der Waals surface area contributed by atoms with Crippen LogP contribution in [0.25, 0.3) is 0 Å². The van der Waals surface area contributed by atoms with Gasteiger partial charge in [-0.05, 0) is 20.3 Å². The molecule has 5 nitrogen and oxygen atoms in total. The second-order valence-electron chi connectivity index (χ2n) is 4.34. The summed E-state index contributed by atoms with van der Waals surface area (Å²) in [5, 5.41) is 2.86. The second kappa shape index (κ2) is 10.6. The van der Waals surface area contributed by atoms with Crippen LogP contribution in [-0.2, 0) is 14.3 Å². The van der Waals surface area contributed by atoms with E-state index < -0.39 is 0 Å². The van der Waals surface area contributed by atoms with Crippen molar-refractivity contribution in [2.24, 2.45) is 0 Å². The molecule has 0 aliphatic rings. The highest BCUT2D eigenvalue weighted by Gasteiger charge is 2.22. The zero-order chi connectivity index (χ0) is 14.7. The first-order valence-corrected chi connectivity index (χ1v) is 6.85. The topological polar surface area (TPSA) is 58.6 Å². The van der Waals surface area contributed by atoms with Crippen molar-refractivity contribution in [1.29, 1.82) is 0 Å². The van der Waals surface area contributed by atoms with Gasteiger partial charge in [-0.3, -0.25) is 14.5 Å². The molecule has 0 fully saturated rings. The van der Waals surface area contributed by atoms with E-state index in [4.69, 9.17) is 4.74 Å². The summed E-state index contributed by atoms with van der Waals surface area (Å²) < 4.78 is 4.90. The van der Waals surface area contributed by atoms with Crippen LogP contribution in [-0.4, -0.2) is 49.1 Å². The normalized spacial score (nSPS) is 12.0. The SMILES string of the molecule is C=CCN(CC(=O)OCC)C(C)C(=O)NCCCC. The number of rotatable bonds is 10. The molecule has 0 aromatic carbocycles. The number of nitrogens with one attached hydrogen (secondary N) is 1. The van der Waals surface area contributed by atoms with Gasteiger partial charge in [-0.25, -0.2) is 0 Å². The maximum atomic E-state index is 11.9. The molecule has 0 saturated heterocycles. The Balaban J connectivity index is 4.37. The summed E-state index contributed by atoms with van der Waals surface area (Å²) in [7, 11) is 0. The lowest BCUT2D eigenvalue weighted by molar-refractivity contribution is -0.145. The van der Waals surface area contributed by atoms with Crippen molar-refractivity contribution in [3.05, 3.63) is 12.7 Å². The van der Waals surface area contributed by atoms with Crippen molar-refractivity contribution in [2.45, 2.75) is 39.7 Å². The van der Waals surface area contributed by atoms with Gasteiger partial charge in [0.25, 0.3) is 0 Å². The molecule has 0 aliphatic carbocycles. The van der Waals surface area contributed by atoms with E-state index in [-0.39, 0.29) is 24.5 Å². The van der Waals surface area contributed by atoms with Gasteiger partial charge in [0.15, 0.2) is 0 Å². The van der Waals surface area contributed by atoms with E-state index in [2.05, 4.69) is 18.8 Å². The van der Waals surface area contributed by atoms with Crippen molar-refractivity contribution in [3.8, 4) is 0 Å². The van der Waals surface area contributed by atoms with E-state index in [1.807, 2.05) is 0 Å². The number of carbonyl (C=O) groups is 2. The summed E-state index contributed by atoms with van der Waals surface area (Å²) >= 11 is 0. The maximum absolute atomic E-state index is 11.9. The number of carbonyl (C=O) groups excluding carboxylic acids is 2. The van der Waals surface area contributed by atoms with Crippen molar-refractivity contribution >= 4 is 11.9 Å². The Morgan fingerprint density at radius 1 is 1.42 bits per heavy atom. The van der Waals surface area contributed by atoms with Crippen LogP contribution in [0.3, 0.4) is 0 Å². The number of unbranched alkanes of at least 4 members (excludes halogenated alkanes) is 1. The third-order valence-electron chi connectivity index (χ3n) is 2.76. The first kappa shape index (κ1) is 17.6. The van der Waals surface area contributed by atoms with Crippen LogP contribution in [0.4, 0.5) is 0 Å². The molecule has 0 aromatic heterocycles. The summed E-state index contributed by atoms with van der Waals surface area (Å²) in [5.74, 6) is -0.392. The first-order valence-electron chi connectivity index (χ1n) is 6.85. The van der Waals surface area contributed by atoms with E-state index in [1.165, 1.54) is 0 Å². The maximum Gasteiger partial charge on any atom is 0.320 e. The molecule has 0 aromatic rings. The number of amides is 1. The van der Waals surface area contributed by atoms with Crippen LogP contribution in [0.2, 0.25) is 0 Å². The minimum atomic E-state index is -0.376. The smallest absolute Gasteiger partial charge is 0.320 e. The van der Waals surface area contributed by atoms with Gasteiger partial charge in [0.05, 0.1) is 19.2 Å². The van der Waals surface area contributed by atoms with Gasteiger partial charge in [-0.1, -0.05) is 19.4 Å². The predicted octanol–water partition coefficient (Wildman–Crippen LogP) is 1.34. The fourth-order valence-corrected chi connectivity index (χ4v) is 1.60. The molecule has 1 amide bonds. The molecule has 0 radical (unpaired) electrons. The highest BCUT2D eigenvalue weighted by atomic mass is 16.5. The number of hydrogen-bond donors (Lipinski definition) is 1. The quantitative estimate of drug-likeness (QED) is 0.370. The highest BCUT2D eigenvalue weighted by Crippen LogP contribution is 2.01. The zero-order valence-electron chi connectivity index (χ0n) is 12.3. The number of esters is 1. The lowest BCUT2D eigenvalue weighted by atomic mass is 10.2. The van der Waals surface area contributed by atoms with Crippen LogP contribution in [0.1, 0.15) is 33.6 Å². The molecule has 0 rings (SSSR count). The molecule has 1 atom stereocenters. The Labute approximate surface area is 116 Å². The summed E-state index contributed by atoms with van der Waals surface area (Å²) in [6, 6.07) is -0.376. The average Bonchev–Trinajstić information content (AvgIpc) is 2.38. The molecule has 0 bridgehead atoms. The van der Waals surface area contributed by atoms with Gasteiger partial charge in [0, 0.05) is 13.1 Å². The number of hydrogen-bond acceptors (Lipinski definition) is 4. The Morgan fingerprint density at radius 2 is 2.11 bits per heavy atom. The van der Waals surface area contributed by atoms with Gasteiger partial charge in [0.1, 0.15) is 0 Å². The molecule has 0 heterocycles. The van der Waals surface area contributed by atoms with Crippen LogP contribution in [0.15, 0.2) is 12.7 Å². The summed E-state index contributed by atoms with van der Waals surface area (Å²) in [6.45, 7) is 10.8. The standard InChI is InChI=1S/C14H26N2O3/c1-5-8-9-15-14(18)12(4)16(10-6-2)11-13(17)19-7-3/h6,12H,2,5,7-11H2,1,3-4H3,(H,15,18). The monoisotopic (exact) mass is 270 g/mol. The van der Waals surface area contributed by atoms with Crippen LogP contribution < -0.4 is 5.32 Å². The molecule has 110 valence electrons. The second-order valence-corrected chi connectivity index (χ2v) is 4.34. The van der Waals surface area contributed by atoms with Crippen LogP contribution in [0.5, 0.6) is 0 Å². The molecular weight excluding hydrogens is 244 g/mol. The van der Waals surface area contributed by atoms with Crippen molar-refractivity contribution in [1.82, 2.24) is 10.2 Å². The molecular formula is C14H26N2O3. The minimum absolute atomic E-state index is 0.0698. The minimum Gasteiger partial charge on any atom is -0.465 e. The van der Waals surface area contributed by atoms with Gasteiger partial charge in [-0.2, -0.15) is 0 Å². The molecule has 0 aliphatic heterocycles. The molecule has 5 heteroatoms. The molecule has 1 N–H and O–H groups in total. The van der Waals surface area contributed by atoms with Crippen molar-refractivity contribution in [3.63, 3.8) is 0 Å². The van der Waals surface area contributed by atoms with E-state index >= 15 is 0 Å². The molecule has 0 spiro atoms. The first-order chi connectivity index (χ1) is 9.06. The van der Waals surface area contributed by atoms with Gasteiger partial charge < -0.3 is 10.1 Å². The number of nitrogens with zero attached hydrogens (tertiary/aromatic N) is 1. The Morgan fingerprint density at radius 3 is 2.63 bits per heavy atom.